The van der Waals surface area contributed by atoms with Gasteiger partial charge in [-0.1, -0.05) is 6.07 Å². The van der Waals surface area contributed by atoms with Gasteiger partial charge >= 0.3 is 0 Å². The third kappa shape index (κ3) is 5.02. The Morgan fingerprint density at radius 2 is 1.86 bits per heavy atom. The Labute approximate surface area is 167 Å². The van der Waals surface area contributed by atoms with Crippen LogP contribution in [-0.4, -0.2) is 56.1 Å². The van der Waals surface area contributed by atoms with Gasteiger partial charge in [0.05, 0.1) is 29.2 Å². The van der Waals surface area contributed by atoms with Crippen LogP contribution in [0.3, 0.4) is 0 Å². The van der Waals surface area contributed by atoms with Gasteiger partial charge in [0, 0.05) is 30.8 Å². The first-order valence-electron chi connectivity index (χ1n) is 8.64. The molecule has 152 valence electrons. The number of amides is 1. The number of morpholine rings is 1. The van der Waals surface area contributed by atoms with E-state index in [4.69, 9.17) is 4.74 Å². The zero-order valence-corrected chi connectivity index (χ0v) is 16.0. The Morgan fingerprint density at radius 3 is 2.52 bits per heavy atom. The third-order valence-electron chi connectivity index (χ3n) is 4.19. The molecule has 1 fully saturated rings. The van der Waals surface area contributed by atoms with Gasteiger partial charge in [0.1, 0.15) is 0 Å². The van der Waals surface area contributed by atoms with Crippen LogP contribution in [0.2, 0.25) is 0 Å². The number of nitro groups is 1. The third-order valence-corrected chi connectivity index (χ3v) is 6.08. The fourth-order valence-corrected chi connectivity index (χ4v) is 4.10. The normalized spacial score (nSPS) is 15.3. The smallest absolute Gasteiger partial charge is 0.271 e. The summed E-state index contributed by atoms with van der Waals surface area (Å²) >= 11 is 0. The van der Waals surface area contributed by atoms with Gasteiger partial charge in [0.15, 0.2) is 0 Å². The topological polar surface area (TPSA) is 131 Å². The molecular formula is C18H18N4O6S. The maximum absolute atomic E-state index is 12.7. The minimum absolute atomic E-state index is 0.0198. The van der Waals surface area contributed by atoms with Crippen molar-refractivity contribution in [3.63, 3.8) is 0 Å². The monoisotopic (exact) mass is 418 g/mol. The maximum atomic E-state index is 12.7. The highest BCUT2D eigenvalue weighted by atomic mass is 32.2. The Balaban J connectivity index is 1.68. The highest BCUT2D eigenvalue weighted by Gasteiger charge is 2.26. The van der Waals surface area contributed by atoms with Gasteiger partial charge in [-0.15, -0.1) is 0 Å². The summed E-state index contributed by atoms with van der Waals surface area (Å²) in [6.45, 7) is 1.18. The number of rotatable bonds is 6. The zero-order valence-electron chi connectivity index (χ0n) is 15.2. The highest BCUT2D eigenvalue weighted by Crippen LogP contribution is 2.18. The van der Waals surface area contributed by atoms with Gasteiger partial charge in [-0.2, -0.15) is 9.41 Å². The molecule has 0 atom stereocenters. The molecule has 1 heterocycles. The van der Waals surface area contributed by atoms with Gasteiger partial charge in [-0.3, -0.25) is 14.9 Å². The van der Waals surface area contributed by atoms with E-state index >= 15 is 0 Å². The molecule has 1 aliphatic heterocycles. The minimum Gasteiger partial charge on any atom is -0.379 e. The van der Waals surface area contributed by atoms with E-state index in [-0.39, 0.29) is 29.2 Å². The van der Waals surface area contributed by atoms with Crippen molar-refractivity contribution in [2.75, 3.05) is 26.3 Å². The number of benzene rings is 2. The molecule has 0 unspecified atom stereocenters. The Morgan fingerprint density at radius 1 is 1.17 bits per heavy atom. The Kier molecular flexibility index (Phi) is 6.32. The van der Waals surface area contributed by atoms with E-state index in [1.807, 2.05) is 0 Å². The number of hydrogen-bond acceptors (Lipinski definition) is 7. The van der Waals surface area contributed by atoms with Crippen molar-refractivity contribution in [2.24, 2.45) is 5.10 Å². The van der Waals surface area contributed by atoms with Crippen LogP contribution < -0.4 is 5.43 Å². The summed E-state index contributed by atoms with van der Waals surface area (Å²) in [5.41, 5.74) is 2.95. The molecule has 0 aromatic heterocycles. The van der Waals surface area contributed by atoms with E-state index < -0.39 is 20.9 Å². The number of non-ortho nitro benzene ring substituents is 1. The quantitative estimate of drug-likeness (QED) is 0.428. The van der Waals surface area contributed by atoms with Crippen LogP contribution in [0.15, 0.2) is 58.5 Å². The largest absolute Gasteiger partial charge is 0.379 e. The lowest BCUT2D eigenvalue weighted by molar-refractivity contribution is -0.384. The molecular weight excluding hydrogens is 400 g/mol. The highest BCUT2D eigenvalue weighted by molar-refractivity contribution is 7.89. The summed E-state index contributed by atoms with van der Waals surface area (Å²) in [4.78, 5) is 22.4. The summed E-state index contributed by atoms with van der Waals surface area (Å²) in [7, 11) is -3.71. The maximum Gasteiger partial charge on any atom is 0.271 e. The lowest BCUT2D eigenvalue weighted by atomic mass is 10.2. The van der Waals surface area contributed by atoms with Crippen LogP contribution in [0.1, 0.15) is 15.9 Å². The molecule has 1 saturated heterocycles. The number of nitrogens with one attached hydrogen (secondary N) is 1. The summed E-state index contributed by atoms with van der Waals surface area (Å²) < 4.78 is 31.9. The molecule has 0 aliphatic carbocycles. The molecule has 0 bridgehead atoms. The van der Waals surface area contributed by atoms with Crippen molar-refractivity contribution >= 4 is 27.8 Å². The fourth-order valence-electron chi connectivity index (χ4n) is 2.65. The molecule has 0 saturated carbocycles. The molecule has 10 nitrogen and oxygen atoms in total. The number of ether oxygens (including phenoxy) is 1. The Bertz CT molecular complexity index is 1030. The molecule has 0 radical (unpaired) electrons. The van der Waals surface area contributed by atoms with E-state index in [0.29, 0.717) is 18.8 Å². The minimum atomic E-state index is -3.71. The Hall–Kier alpha value is -3.15. The molecule has 2 aromatic carbocycles. The van der Waals surface area contributed by atoms with Crippen LogP contribution in [0, 0.1) is 10.1 Å². The van der Waals surface area contributed by atoms with Crippen LogP contribution in [0.25, 0.3) is 0 Å². The van der Waals surface area contributed by atoms with Gasteiger partial charge in [-0.25, -0.2) is 13.8 Å². The lowest BCUT2D eigenvalue weighted by Gasteiger charge is -2.26. The predicted octanol–water partition coefficient (Wildman–Crippen LogP) is 1.38. The number of nitrogens with zero attached hydrogens (tertiary/aromatic N) is 3. The van der Waals surface area contributed by atoms with Crippen molar-refractivity contribution in [2.45, 2.75) is 4.90 Å². The van der Waals surface area contributed by atoms with Crippen LogP contribution in [0.4, 0.5) is 5.69 Å². The summed E-state index contributed by atoms with van der Waals surface area (Å²) in [6.07, 6.45) is 1.33. The van der Waals surface area contributed by atoms with Crippen molar-refractivity contribution < 1.29 is 22.9 Å². The number of hydrazone groups is 1. The van der Waals surface area contributed by atoms with Crippen molar-refractivity contribution in [3.8, 4) is 0 Å². The molecule has 0 spiro atoms. The number of carbonyl (C=O) groups excluding carboxylic acids is 1. The van der Waals surface area contributed by atoms with Crippen LogP contribution in [-0.2, 0) is 14.8 Å². The zero-order chi connectivity index (χ0) is 20.9. The number of hydrogen-bond donors (Lipinski definition) is 1. The standard InChI is InChI=1S/C18H18N4O6S/c23-18(20-19-13-14-4-6-16(7-5-14)22(24)25)15-2-1-3-17(12-15)29(26,27)21-8-10-28-11-9-21/h1-7,12-13H,8-11H2,(H,20,23). The summed E-state index contributed by atoms with van der Waals surface area (Å²) in [5, 5.41) is 14.4. The second-order valence-electron chi connectivity index (χ2n) is 6.09. The number of nitro benzene ring substituents is 1. The summed E-state index contributed by atoms with van der Waals surface area (Å²) in [6, 6.07) is 11.3. The van der Waals surface area contributed by atoms with E-state index in [0.717, 1.165) is 0 Å². The number of sulfonamides is 1. The SMILES string of the molecule is O=C(NN=Cc1ccc([N+](=O)[O-])cc1)c1cccc(S(=O)(=O)N2CCOCC2)c1. The van der Waals surface area contributed by atoms with Crippen molar-refractivity contribution in [1.29, 1.82) is 0 Å². The van der Waals surface area contributed by atoms with Gasteiger partial charge in [0.2, 0.25) is 10.0 Å². The molecule has 29 heavy (non-hydrogen) atoms. The van der Waals surface area contributed by atoms with E-state index in [1.54, 1.807) is 0 Å². The first-order valence-corrected chi connectivity index (χ1v) is 10.1. The summed E-state index contributed by atoms with van der Waals surface area (Å²) in [5.74, 6) is -0.581. The van der Waals surface area contributed by atoms with Gasteiger partial charge < -0.3 is 4.74 Å². The molecule has 1 amide bonds. The molecule has 3 rings (SSSR count). The predicted molar refractivity (Wildman–Crippen MR) is 104 cm³/mol. The molecule has 1 N–H and O–H groups in total. The lowest BCUT2D eigenvalue weighted by Crippen LogP contribution is -2.40. The van der Waals surface area contributed by atoms with Gasteiger partial charge in [0.25, 0.3) is 11.6 Å². The van der Waals surface area contributed by atoms with E-state index in [9.17, 15) is 23.3 Å². The number of carbonyl (C=O) groups is 1. The molecule has 11 heteroatoms. The van der Waals surface area contributed by atoms with Gasteiger partial charge in [-0.05, 0) is 35.9 Å². The average Bonchev–Trinajstić information content (AvgIpc) is 2.74. The molecule has 1 aliphatic rings. The van der Waals surface area contributed by atoms with E-state index in [1.165, 1.54) is 59.1 Å². The first-order chi connectivity index (χ1) is 13.9. The van der Waals surface area contributed by atoms with Crippen molar-refractivity contribution in [3.05, 3.63) is 69.8 Å². The fraction of sp³-hybridized carbons (Fsp3) is 0.222. The average molecular weight is 418 g/mol. The van der Waals surface area contributed by atoms with E-state index in [2.05, 4.69) is 10.5 Å². The second-order valence-corrected chi connectivity index (χ2v) is 8.03. The van der Waals surface area contributed by atoms with Crippen LogP contribution in [0.5, 0.6) is 0 Å². The van der Waals surface area contributed by atoms with Crippen molar-refractivity contribution in [1.82, 2.24) is 9.73 Å². The first kappa shape index (κ1) is 20.6. The van der Waals surface area contributed by atoms with Crippen LogP contribution >= 0.6 is 0 Å². The second kappa shape index (κ2) is 8.90. The molecule has 2 aromatic rings.